The van der Waals surface area contributed by atoms with Crippen molar-refractivity contribution in [3.05, 3.63) is 94.4 Å². The molecule has 0 atom stereocenters. The number of carbonyl (C=O) groups is 2. The van der Waals surface area contributed by atoms with Crippen LogP contribution in [-0.2, 0) is 16.0 Å². The Morgan fingerprint density at radius 1 is 0.917 bits per heavy atom. The van der Waals surface area contributed by atoms with Crippen LogP contribution in [0.1, 0.15) is 16.1 Å². The molecule has 1 aromatic heterocycles. The topological polar surface area (TPSA) is 109 Å². The number of esters is 1. The number of para-hydroxylation sites is 1. The maximum atomic E-state index is 13.0. The molecule has 0 radical (unpaired) electrons. The second-order valence-electron chi connectivity index (χ2n) is 8.10. The van der Waals surface area contributed by atoms with E-state index in [1.54, 1.807) is 48.5 Å². The summed E-state index contributed by atoms with van der Waals surface area (Å²) in [5, 5.41) is 7.69. The van der Waals surface area contributed by atoms with E-state index in [0.29, 0.717) is 54.1 Å². The minimum atomic E-state index is -0.794. The molecule has 9 heteroatoms. The van der Waals surface area contributed by atoms with Gasteiger partial charge in [-0.3, -0.25) is 9.59 Å². The number of ether oxygens (including phenoxy) is 3. The lowest BCUT2D eigenvalue weighted by Crippen LogP contribution is -2.31. The molecule has 0 saturated heterocycles. The molecule has 36 heavy (non-hydrogen) atoms. The molecule has 9 nitrogen and oxygen atoms in total. The Bertz CT molecular complexity index is 1480. The van der Waals surface area contributed by atoms with Crippen LogP contribution >= 0.6 is 0 Å². The van der Waals surface area contributed by atoms with E-state index in [4.69, 9.17) is 14.2 Å². The van der Waals surface area contributed by atoms with Gasteiger partial charge in [0, 0.05) is 11.9 Å². The van der Waals surface area contributed by atoms with Crippen molar-refractivity contribution in [3.8, 4) is 17.2 Å². The highest BCUT2D eigenvalue weighted by Crippen LogP contribution is 2.30. The van der Waals surface area contributed by atoms with Gasteiger partial charge in [0.05, 0.1) is 11.1 Å². The van der Waals surface area contributed by atoms with Gasteiger partial charge in [-0.15, -0.1) is 0 Å². The SMILES string of the molecule is O=C(COC(=O)c1nn(-c2ccccc2)c(=O)c2ccccc12)NCCc1ccc2c(c1)OCCO2. The zero-order valence-electron chi connectivity index (χ0n) is 19.3. The number of hydrogen-bond donors (Lipinski definition) is 1. The van der Waals surface area contributed by atoms with Crippen molar-refractivity contribution < 1.29 is 23.8 Å². The summed E-state index contributed by atoms with van der Waals surface area (Å²) < 4.78 is 17.5. The largest absolute Gasteiger partial charge is 0.486 e. The third kappa shape index (κ3) is 4.90. The van der Waals surface area contributed by atoms with Crippen LogP contribution in [0.4, 0.5) is 0 Å². The third-order valence-electron chi connectivity index (χ3n) is 5.68. The second-order valence-corrected chi connectivity index (χ2v) is 8.10. The number of carbonyl (C=O) groups excluding carboxylic acids is 2. The number of aromatic nitrogens is 2. The number of hydrogen-bond acceptors (Lipinski definition) is 7. The first-order chi connectivity index (χ1) is 17.6. The molecule has 4 aromatic rings. The first kappa shape index (κ1) is 23.1. The summed E-state index contributed by atoms with van der Waals surface area (Å²) in [5.41, 5.74) is 1.10. The molecule has 0 aliphatic carbocycles. The van der Waals surface area contributed by atoms with E-state index in [9.17, 15) is 14.4 Å². The molecule has 1 aliphatic heterocycles. The smallest absolute Gasteiger partial charge is 0.359 e. The second kappa shape index (κ2) is 10.3. The fourth-order valence-electron chi connectivity index (χ4n) is 3.92. The molecule has 0 bridgehead atoms. The van der Waals surface area contributed by atoms with E-state index in [0.717, 1.165) is 10.2 Å². The minimum Gasteiger partial charge on any atom is -0.486 e. The van der Waals surface area contributed by atoms with Crippen molar-refractivity contribution in [2.45, 2.75) is 6.42 Å². The molecule has 3 aromatic carbocycles. The average Bonchev–Trinajstić information content (AvgIpc) is 2.92. The van der Waals surface area contributed by atoms with Crippen molar-refractivity contribution in [2.75, 3.05) is 26.4 Å². The van der Waals surface area contributed by atoms with Gasteiger partial charge in [-0.1, -0.05) is 42.5 Å². The molecule has 1 amide bonds. The fourth-order valence-corrected chi connectivity index (χ4v) is 3.92. The van der Waals surface area contributed by atoms with Crippen LogP contribution in [0.25, 0.3) is 16.5 Å². The maximum Gasteiger partial charge on any atom is 0.359 e. The van der Waals surface area contributed by atoms with Crippen LogP contribution in [0.5, 0.6) is 11.5 Å². The van der Waals surface area contributed by atoms with Gasteiger partial charge in [0.2, 0.25) is 0 Å². The van der Waals surface area contributed by atoms with Gasteiger partial charge < -0.3 is 19.5 Å². The van der Waals surface area contributed by atoms with Crippen molar-refractivity contribution in [1.82, 2.24) is 15.1 Å². The Balaban J connectivity index is 1.24. The van der Waals surface area contributed by atoms with E-state index in [1.165, 1.54) is 0 Å². The Hall–Kier alpha value is -4.66. The van der Waals surface area contributed by atoms with Crippen LogP contribution in [0.3, 0.4) is 0 Å². The van der Waals surface area contributed by atoms with Gasteiger partial charge in [0.1, 0.15) is 13.2 Å². The maximum absolute atomic E-state index is 13.0. The number of amides is 1. The van der Waals surface area contributed by atoms with Crippen molar-refractivity contribution in [1.29, 1.82) is 0 Å². The molecule has 0 fully saturated rings. The summed E-state index contributed by atoms with van der Waals surface area (Å²) in [6, 6.07) is 21.1. The van der Waals surface area contributed by atoms with Gasteiger partial charge in [-0.25, -0.2) is 4.79 Å². The van der Waals surface area contributed by atoms with Crippen LogP contribution in [0.15, 0.2) is 77.6 Å². The molecular weight excluding hydrogens is 462 g/mol. The number of rotatable bonds is 7. The molecule has 0 spiro atoms. The summed E-state index contributed by atoms with van der Waals surface area (Å²) in [5.74, 6) is 0.163. The van der Waals surface area contributed by atoms with Crippen LogP contribution < -0.4 is 20.3 Å². The number of benzene rings is 3. The number of nitrogens with zero attached hydrogens (tertiary/aromatic N) is 2. The molecule has 0 saturated carbocycles. The summed E-state index contributed by atoms with van der Waals surface area (Å²) in [6.45, 7) is 0.919. The zero-order chi connectivity index (χ0) is 24.9. The van der Waals surface area contributed by atoms with Gasteiger partial charge in [0.15, 0.2) is 23.8 Å². The van der Waals surface area contributed by atoms with E-state index >= 15 is 0 Å². The quantitative estimate of drug-likeness (QED) is 0.401. The minimum absolute atomic E-state index is 0.0434. The van der Waals surface area contributed by atoms with E-state index < -0.39 is 18.5 Å². The van der Waals surface area contributed by atoms with E-state index in [1.807, 2.05) is 24.3 Å². The summed E-state index contributed by atoms with van der Waals surface area (Å²) in [4.78, 5) is 38.1. The first-order valence-corrected chi connectivity index (χ1v) is 11.5. The Kier molecular flexibility index (Phi) is 6.61. The summed E-state index contributed by atoms with van der Waals surface area (Å²) in [7, 11) is 0. The highest BCUT2D eigenvalue weighted by molar-refractivity contribution is 6.02. The predicted molar refractivity (Wildman–Crippen MR) is 132 cm³/mol. The zero-order valence-corrected chi connectivity index (χ0v) is 19.3. The van der Waals surface area contributed by atoms with Crippen molar-refractivity contribution >= 4 is 22.6 Å². The molecule has 2 heterocycles. The molecule has 0 unspecified atom stereocenters. The average molecular weight is 485 g/mol. The summed E-state index contributed by atoms with van der Waals surface area (Å²) in [6.07, 6.45) is 0.574. The van der Waals surface area contributed by atoms with Gasteiger partial charge in [-0.2, -0.15) is 9.78 Å². The van der Waals surface area contributed by atoms with E-state index in [2.05, 4.69) is 10.4 Å². The number of fused-ring (bicyclic) bond motifs is 2. The Morgan fingerprint density at radius 2 is 1.64 bits per heavy atom. The Morgan fingerprint density at radius 3 is 2.44 bits per heavy atom. The lowest BCUT2D eigenvalue weighted by atomic mass is 10.1. The highest BCUT2D eigenvalue weighted by Gasteiger charge is 2.20. The normalized spacial score (nSPS) is 12.2. The van der Waals surface area contributed by atoms with Gasteiger partial charge in [-0.05, 0) is 42.3 Å². The number of nitrogens with one attached hydrogen (secondary N) is 1. The van der Waals surface area contributed by atoms with Crippen LogP contribution in [0.2, 0.25) is 0 Å². The van der Waals surface area contributed by atoms with Gasteiger partial charge in [0.25, 0.3) is 11.5 Å². The summed E-state index contributed by atoms with van der Waals surface area (Å²) >= 11 is 0. The third-order valence-corrected chi connectivity index (χ3v) is 5.68. The molecule has 1 N–H and O–H groups in total. The van der Waals surface area contributed by atoms with Crippen molar-refractivity contribution in [2.24, 2.45) is 0 Å². The van der Waals surface area contributed by atoms with E-state index in [-0.39, 0.29) is 11.3 Å². The van der Waals surface area contributed by atoms with Crippen LogP contribution in [0, 0.1) is 0 Å². The van der Waals surface area contributed by atoms with Crippen LogP contribution in [-0.4, -0.2) is 48.0 Å². The first-order valence-electron chi connectivity index (χ1n) is 11.5. The lowest BCUT2D eigenvalue weighted by molar-refractivity contribution is -0.124. The lowest BCUT2D eigenvalue weighted by Gasteiger charge is -2.18. The standard InChI is InChI=1S/C27H23N3O6/c31-24(28-13-12-18-10-11-22-23(16-18)35-15-14-34-22)17-36-27(33)25-20-8-4-5-9-21(20)26(32)30(29-25)19-6-2-1-3-7-19/h1-11,16H,12-15,17H2,(H,28,31). The molecule has 182 valence electrons. The monoisotopic (exact) mass is 485 g/mol. The fraction of sp³-hybridized carbons (Fsp3) is 0.185. The molecule has 5 rings (SSSR count). The van der Waals surface area contributed by atoms with Crippen molar-refractivity contribution in [3.63, 3.8) is 0 Å². The predicted octanol–water partition coefficient (Wildman–Crippen LogP) is 2.67. The Labute approximate surface area is 206 Å². The molecular formula is C27H23N3O6. The molecule has 1 aliphatic rings. The highest BCUT2D eigenvalue weighted by atomic mass is 16.6. The van der Waals surface area contributed by atoms with Gasteiger partial charge >= 0.3 is 5.97 Å².